The number of ether oxygens (including phenoxy) is 4. The average molecular weight is 505 g/mol. The summed E-state index contributed by atoms with van der Waals surface area (Å²) in [5.74, 6) is 2.44. The smallest absolute Gasteiger partial charge is 0.192 e. The predicted octanol–water partition coefficient (Wildman–Crippen LogP) is 6.79. The van der Waals surface area contributed by atoms with E-state index in [-0.39, 0.29) is 23.0 Å². The van der Waals surface area contributed by atoms with Crippen LogP contribution in [0.2, 0.25) is 18.1 Å². The Morgan fingerprint density at radius 1 is 0.686 bits per heavy atom. The first kappa shape index (κ1) is 29.0. The van der Waals surface area contributed by atoms with Gasteiger partial charge in [-0.15, -0.1) is 0 Å². The monoisotopic (exact) mass is 504 g/mol. The van der Waals surface area contributed by atoms with Gasteiger partial charge in [-0.1, -0.05) is 46.8 Å². The van der Waals surface area contributed by atoms with Gasteiger partial charge < -0.3 is 28.5 Å². The number of aliphatic hydroxyl groups is 1. The van der Waals surface area contributed by atoms with E-state index in [0.29, 0.717) is 23.0 Å². The number of hydrogen-bond donors (Lipinski definition) is 1. The Labute approximate surface area is 212 Å². The SMILES string of the molecule is COc1ccc([C@@H](O)[C@H](C)[C@@H](C)[C@@H](O[Si](C)(C)C(C)(C)C)c2ccc(OC)c(OC)c2)cc1OC. The van der Waals surface area contributed by atoms with Gasteiger partial charge in [0.25, 0.3) is 0 Å². The van der Waals surface area contributed by atoms with E-state index in [1.165, 1.54) is 0 Å². The van der Waals surface area contributed by atoms with Gasteiger partial charge >= 0.3 is 0 Å². The van der Waals surface area contributed by atoms with Gasteiger partial charge in [0.05, 0.1) is 40.6 Å². The molecule has 2 rings (SSSR count). The van der Waals surface area contributed by atoms with E-state index in [2.05, 4.69) is 47.7 Å². The molecule has 6 nitrogen and oxygen atoms in total. The number of benzene rings is 2. The molecule has 2 aromatic carbocycles. The minimum Gasteiger partial charge on any atom is -0.493 e. The Bertz CT molecular complexity index is 968. The summed E-state index contributed by atoms with van der Waals surface area (Å²) in [6.07, 6.45) is -0.948. The summed E-state index contributed by atoms with van der Waals surface area (Å²) in [5, 5.41) is 11.4. The predicted molar refractivity (Wildman–Crippen MR) is 143 cm³/mol. The van der Waals surface area contributed by atoms with Crippen LogP contribution in [-0.2, 0) is 4.43 Å². The third-order valence-corrected chi connectivity index (χ3v) is 12.0. The summed E-state index contributed by atoms with van der Waals surface area (Å²) in [6, 6.07) is 11.5. The highest BCUT2D eigenvalue weighted by atomic mass is 28.4. The average Bonchev–Trinajstić information content (AvgIpc) is 2.84. The molecule has 35 heavy (non-hydrogen) atoms. The van der Waals surface area contributed by atoms with Crippen LogP contribution in [-0.4, -0.2) is 41.9 Å². The topological polar surface area (TPSA) is 66.4 Å². The van der Waals surface area contributed by atoms with Crippen molar-refractivity contribution in [2.45, 2.75) is 65.0 Å². The standard InChI is InChI=1S/C28H44O6Si/c1-18(26(29)20-12-14-22(30-6)24(16-20)32-8)19(2)27(34-35(10,11)28(3,4)5)21-13-15-23(31-7)25(17-21)33-9/h12-19,26-27,29H,1-11H3/t18-,19-,26+,27-/m1/s1. The van der Waals surface area contributed by atoms with Gasteiger partial charge in [-0.05, 0) is 65.4 Å². The van der Waals surface area contributed by atoms with Crippen molar-refractivity contribution < 1.29 is 28.5 Å². The van der Waals surface area contributed by atoms with E-state index in [0.717, 1.165) is 11.1 Å². The van der Waals surface area contributed by atoms with Crippen LogP contribution in [0.1, 0.15) is 58.0 Å². The summed E-state index contributed by atoms with van der Waals surface area (Å²) < 4.78 is 28.8. The van der Waals surface area contributed by atoms with Crippen molar-refractivity contribution in [3.05, 3.63) is 47.5 Å². The molecule has 0 bridgehead atoms. The van der Waals surface area contributed by atoms with Crippen molar-refractivity contribution in [1.29, 1.82) is 0 Å². The van der Waals surface area contributed by atoms with Crippen molar-refractivity contribution in [2.24, 2.45) is 11.8 Å². The molecular weight excluding hydrogens is 460 g/mol. The van der Waals surface area contributed by atoms with Crippen LogP contribution in [0.3, 0.4) is 0 Å². The Hall–Kier alpha value is -2.22. The summed E-state index contributed by atoms with van der Waals surface area (Å²) in [5.41, 5.74) is 1.78. The second-order valence-electron chi connectivity index (χ2n) is 10.7. The lowest BCUT2D eigenvalue weighted by Gasteiger charge is -2.42. The molecule has 0 spiro atoms. The molecular formula is C28H44O6Si. The van der Waals surface area contributed by atoms with Gasteiger partial charge in [-0.3, -0.25) is 0 Å². The Morgan fingerprint density at radius 2 is 1.11 bits per heavy atom. The lowest BCUT2D eigenvalue weighted by atomic mass is 9.81. The van der Waals surface area contributed by atoms with E-state index in [4.69, 9.17) is 23.4 Å². The molecule has 0 aromatic heterocycles. The normalized spacial score (nSPS) is 15.7. The molecule has 0 unspecified atom stereocenters. The third kappa shape index (κ3) is 6.51. The second-order valence-corrected chi connectivity index (χ2v) is 15.4. The molecule has 0 aliphatic carbocycles. The largest absolute Gasteiger partial charge is 0.493 e. The van der Waals surface area contributed by atoms with Gasteiger partial charge in [-0.2, -0.15) is 0 Å². The minimum absolute atomic E-state index is 0.00896. The van der Waals surface area contributed by atoms with Crippen LogP contribution < -0.4 is 18.9 Å². The van der Waals surface area contributed by atoms with E-state index in [1.54, 1.807) is 28.4 Å². The molecule has 4 atom stereocenters. The fourth-order valence-corrected chi connectivity index (χ4v) is 5.25. The second kappa shape index (κ2) is 11.7. The summed E-state index contributed by atoms with van der Waals surface area (Å²) in [6.45, 7) is 15.4. The zero-order valence-electron chi connectivity index (χ0n) is 23.3. The lowest BCUT2D eigenvalue weighted by Crippen LogP contribution is -2.43. The molecule has 196 valence electrons. The minimum atomic E-state index is -2.14. The number of rotatable bonds is 11. The third-order valence-electron chi connectivity index (χ3n) is 7.52. The van der Waals surface area contributed by atoms with Gasteiger partial charge in [0.15, 0.2) is 31.3 Å². The zero-order chi connectivity index (χ0) is 26.6. The van der Waals surface area contributed by atoms with Gasteiger partial charge in [0.2, 0.25) is 0 Å². The van der Waals surface area contributed by atoms with Gasteiger partial charge in [0, 0.05) is 0 Å². The van der Waals surface area contributed by atoms with Crippen LogP contribution in [0.4, 0.5) is 0 Å². The van der Waals surface area contributed by atoms with Crippen LogP contribution in [0.5, 0.6) is 23.0 Å². The van der Waals surface area contributed by atoms with Gasteiger partial charge in [0.1, 0.15) is 0 Å². The first-order valence-electron chi connectivity index (χ1n) is 12.1. The van der Waals surface area contributed by atoms with Crippen molar-refractivity contribution >= 4 is 8.32 Å². The molecule has 7 heteroatoms. The molecule has 0 fully saturated rings. The molecule has 0 radical (unpaired) electrons. The molecule has 0 amide bonds. The van der Waals surface area contributed by atoms with Crippen LogP contribution in [0.15, 0.2) is 36.4 Å². The number of hydrogen-bond acceptors (Lipinski definition) is 6. The highest BCUT2D eigenvalue weighted by Crippen LogP contribution is 2.46. The molecule has 0 heterocycles. The fraction of sp³-hybridized carbons (Fsp3) is 0.571. The van der Waals surface area contributed by atoms with E-state index in [1.807, 2.05) is 36.4 Å². The van der Waals surface area contributed by atoms with Crippen molar-refractivity contribution in [1.82, 2.24) is 0 Å². The summed E-state index contributed by atoms with van der Waals surface area (Å²) in [4.78, 5) is 0. The first-order chi connectivity index (χ1) is 16.3. The fourth-order valence-electron chi connectivity index (χ4n) is 3.91. The van der Waals surface area contributed by atoms with Crippen LogP contribution in [0.25, 0.3) is 0 Å². The number of aliphatic hydroxyl groups excluding tert-OH is 1. The molecule has 0 aliphatic rings. The lowest BCUT2D eigenvalue weighted by molar-refractivity contribution is 0.0264. The Morgan fingerprint density at radius 3 is 1.54 bits per heavy atom. The van der Waals surface area contributed by atoms with E-state index >= 15 is 0 Å². The van der Waals surface area contributed by atoms with Crippen molar-refractivity contribution in [3.63, 3.8) is 0 Å². The van der Waals surface area contributed by atoms with Crippen LogP contribution >= 0.6 is 0 Å². The Kier molecular flexibility index (Phi) is 9.68. The highest BCUT2D eigenvalue weighted by molar-refractivity contribution is 6.74. The molecule has 0 saturated carbocycles. The van der Waals surface area contributed by atoms with E-state index in [9.17, 15) is 5.11 Å². The van der Waals surface area contributed by atoms with E-state index < -0.39 is 14.4 Å². The van der Waals surface area contributed by atoms with Crippen molar-refractivity contribution in [3.8, 4) is 23.0 Å². The first-order valence-corrected chi connectivity index (χ1v) is 15.0. The quantitative estimate of drug-likeness (QED) is 0.340. The summed E-state index contributed by atoms with van der Waals surface area (Å²) >= 11 is 0. The highest BCUT2D eigenvalue weighted by Gasteiger charge is 2.42. The number of methoxy groups -OCH3 is 4. The maximum absolute atomic E-state index is 11.4. The molecule has 0 aliphatic heterocycles. The van der Waals surface area contributed by atoms with Gasteiger partial charge in [-0.25, -0.2) is 0 Å². The van der Waals surface area contributed by atoms with Crippen LogP contribution in [0, 0.1) is 11.8 Å². The molecule has 2 aromatic rings. The maximum Gasteiger partial charge on any atom is 0.192 e. The van der Waals surface area contributed by atoms with Crippen molar-refractivity contribution in [2.75, 3.05) is 28.4 Å². The molecule has 1 N–H and O–H groups in total. The maximum atomic E-state index is 11.4. The summed E-state index contributed by atoms with van der Waals surface area (Å²) in [7, 11) is 4.33. The Balaban J connectivity index is 2.49. The molecule has 0 saturated heterocycles. The zero-order valence-corrected chi connectivity index (χ0v) is 24.3.